The second-order valence-corrected chi connectivity index (χ2v) is 9.12. The normalized spacial score (nSPS) is 16.5. The first-order chi connectivity index (χ1) is 16.6. The van der Waals surface area contributed by atoms with E-state index >= 15 is 0 Å². The molecular formula is C25H26F2N6O2. The van der Waals surface area contributed by atoms with Crippen molar-refractivity contribution in [1.82, 2.24) is 19.6 Å². The van der Waals surface area contributed by atoms with Crippen molar-refractivity contribution in [3.8, 4) is 0 Å². The van der Waals surface area contributed by atoms with Crippen LogP contribution in [0.25, 0.3) is 16.7 Å². The van der Waals surface area contributed by atoms with Crippen molar-refractivity contribution < 1.29 is 18.7 Å². The van der Waals surface area contributed by atoms with Crippen LogP contribution in [-0.4, -0.2) is 49.7 Å². The third-order valence-corrected chi connectivity index (χ3v) is 6.54. The summed E-state index contributed by atoms with van der Waals surface area (Å²) < 4.78 is 29.6. The van der Waals surface area contributed by atoms with E-state index in [0.717, 1.165) is 16.6 Å². The van der Waals surface area contributed by atoms with Gasteiger partial charge < -0.3 is 15.3 Å². The van der Waals surface area contributed by atoms with Crippen LogP contribution in [0.2, 0.25) is 0 Å². The Bertz CT molecular complexity index is 1440. The third-order valence-electron chi connectivity index (χ3n) is 6.54. The van der Waals surface area contributed by atoms with Gasteiger partial charge in [0.25, 0.3) is 5.92 Å². The predicted octanol–water partition coefficient (Wildman–Crippen LogP) is 5.00. The summed E-state index contributed by atoms with van der Waals surface area (Å²) in [5.41, 5.74) is 4.56. The molecule has 0 radical (unpaired) electrons. The number of hydrogen-bond donors (Lipinski definition) is 2. The quantitative estimate of drug-likeness (QED) is 0.415. The number of nitrogens with one attached hydrogen (secondary N) is 1. The number of hydrogen-bond acceptors (Lipinski definition) is 6. The van der Waals surface area contributed by atoms with Crippen molar-refractivity contribution >= 4 is 34.2 Å². The van der Waals surface area contributed by atoms with Gasteiger partial charge in [0, 0.05) is 37.2 Å². The molecule has 1 fully saturated rings. The molecule has 0 bridgehead atoms. The number of rotatable bonds is 5. The third kappa shape index (κ3) is 4.13. The first kappa shape index (κ1) is 22.9. The summed E-state index contributed by atoms with van der Waals surface area (Å²) >= 11 is 0. The Labute approximate surface area is 200 Å². The van der Waals surface area contributed by atoms with Crippen LogP contribution in [0.4, 0.5) is 20.3 Å². The van der Waals surface area contributed by atoms with E-state index in [2.05, 4.69) is 15.5 Å². The summed E-state index contributed by atoms with van der Waals surface area (Å²) in [5, 5.41) is 21.5. The van der Waals surface area contributed by atoms with Crippen LogP contribution in [0.3, 0.4) is 0 Å². The summed E-state index contributed by atoms with van der Waals surface area (Å²) in [6, 6.07) is 10.5. The van der Waals surface area contributed by atoms with Gasteiger partial charge in [-0.3, -0.25) is 4.40 Å². The zero-order valence-corrected chi connectivity index (χ0v) is 19.7. The molecule has 0 amide bonds. The smallest absolute Gasteiger partial charge is 0.337 e. The lowest BCUT2D eigenvalue weighted by Gasteiger charge is -2.32. The standard InChI is InChI=1S/C25H26F2N6O2/c1-14-12-18(15(2)28-19-7-5-4-6-17(19)24(34)35)21-20(13-14)33-16(3)30-31-23(33)22(29-21)32-10-8-25(26,27)9-11-32/h4-7,12-13,15,28H,8-11H2,1-3H3,(H,34,35)/t15-/m1/s1. The summed E-state index contributed by atoms with van der Waals surface area (Å²) in [7, 11) is 0. The second-order valence-electron chi connectivity index (χ2n) is 9.12. The molecule has 3 heterocycles. The number of anilines is 2. The Morgan fingerprint density at radius 2 is 1.86 bits per heavy atom. The SMILES string of the molecule is Cc1cc([C@@H](C)Nc2ccccc2C(=O)O)c2nc(N3CCC(F)(F)CC3)c3nnc(C)n3c2c1. The largest absolute Gasteiger partial charge is 0.478 e. The summed E-state index contributed by atoms with van der Waals surface area (Å²) in [6.07, 6.45) is -0.479. The maximum atomic E-state index is 13.8. The number of carboxylic acids is 1. The molecule has 1 aliphatic heterocycles. The minimum Gasteiger partial charge on any atom is -0.478 e. The molecule has 0 aliphatic carbocycles. The maximum absolute atomic E-state index is 13.8. The van der Waals surface area contributed by atoms with E-state index in [4.69, 9.17) is 4.98 Å². The number of alkyl halides is 2. The van der Waals surface area contributed by atoms with E-state index in [1.54, 1.807) is 24.3 Å². The van der Waals surface area contributed by atoms with Crippen LogP contribution in [0, 0.1) is 13.8 Å². The van der Waals surface area contributed by atoms with Crippen LogP contribution in [0.1, 0.15) is 53.1 Å². The van der Waals surface area contributed by atoms with E-state index in [0.29, 0.717) is 28.5 Å². The van der Waals surface area contributed by atoms with Crippen molar-refractivity contribution in [2.24, 2.45) is 0 Å². The highest BCUT2D eigenvalue weighted by Gasteiger charge is 2.35. The molecule has 10 heteroatoms. The average Bonchev–Trinajstić information content (AvgIpc) is 3.20. The van der Waals surface area contributed by atoms with E-state index in [1.165, 1.54) is 0 Å². The number of aromatic nitrogens is 4. The van der Waals surface area contributed by atoms with Crippen molar-refractivity contribution in [2.75, 3.05) is 23.3 Å². The second kappa shape index (κ2) is 8.44. The monoisotopic (exact) mass is 480 g/mol. The average molecular weight is 481 g/mol. The summed E-state index contributed by atoms with van der Waals surface area (Å²) in [4.78, 5) is 18.5. The molecule has 2 N–H and O–H groups in total. The molecule has 0 saturated carbocycles. The Morgan fingerprint density at radius 1 is 1.14 bits per heavy atom. The van der Waals surface area contributed by atoms with Crippen LogP contribution in [-0.2, 0) is 0 Å². The molecule has 0 spiro atoms. The molecule has 182 valence electrons. The van der Waals surface area contributed by atoms with E-state index in [-0.39, 0.29) is 37.5 Å². The minimum absolute atomic E-state index is 0.175. The number of benzene rings is 2. The van der Waals surface area contributed by atoms with Gasteiger partial charge in [0.05, 0.1) is 22.6 Å². The van der Waals surface area contributed by atoms with E-state index in [1.807, 2.05) is 42.2 Å². The van der Waals surface area contributed by atoms with E-state index < -0.39 is 11.9 Å². The number of aromatic carboxylic acids is 1. The lowest BCUT2D eigenvalue weighted by molar-refractivity contribution is -0.0221. The fourth-order valence-electron chi connectivity index (χ4n) is 4.73. The zero-order chi connectivity index (χ0) is 24.9. The highest BCUT2D eigenvalue weighted by atomic mass is 19.3. The van der Waals surface area contributed by atoms with Crippen LogP contribution < -0.4 is 10.2 Å². The molecule has 1 atom stereocenters. The van der Waals surface area contributed by atoms with Crippen LogP contribution >= 0.6 is 0 Å². The first-order valence-corrected chi connectivity index (χ1v) is 11.5. The highest BCUT2D eigenvalue weighted by Crippen LogP contribution is 2.35. The van der Waals surface area contributed by atoms with Gasteiger partial charge in [0.2, 0.25) is 5.65 Å². The van der Waals surface area contributed by atoms with Crippen molar-refractivity contribution in [3.63, 3.8) is 0 Å². The number of carboxylic acid groups (broad SMARTS) is 1. The van der Waals surface area contributed by atoms with Gasteiger partial charge in [-0.1, -0.05) is 18.2 Å². The van der Waals surface area contributed by atoms with Gasteiger partial charge >= 0.3 is 5.97 Å². The highest BCUT2D eigenvalue weighted by molar-refractivity contribution is 5.94. The Balaban J connectivity index is 1.66. The molecule has 1 aliphatic rings. The number of piperidine rings is 1. The zero-order valence-electron chi connectivity index (χ0n) is 19.7. The first-order valence-electron chi connectivity index (χ1n) is 11.5. The summed E-state index contributed by atoms with van der Waals surface area (Å²) in [5.74, 6) is -2.49. The summed E-state index contributed by atoms with van der Waals surface area (Å²) in [6.45, 7) is 6.12. The fourth-order valence-corrected chi connectivity index (χ4v) is 4.73. The number of para-hydroxylation sites is 1. The van der Waals surface area contributed by atoms with E-state index in [9.17, 15) is 18.7 Å². The van der Waals surface area contributed by atoms with Gasteiger partial charge in [-0.25, -0.2) is 18.6 Å². The number of halogens is 2. The molecule has 0 unspecified atom stereocenters. The minimum atomic E-state index is -2.68. The molecule has 5 rings (SSSR count). The number of fused-ring (bicyclic) bond motifs is 3. The molecule has 8 nitrogen and oxygen atoms in total. The number of nitrogens with zero attached hydrogens (tertiary/aromatic N) is 5. The fraction of sp³-hybridized carbons (Fsp3) is 0.360. The molecule has 4 aromatic rings. The molecule has 1 saturated heterocycles. The van der Waals surface area contributed by atoms with Gasteiger partial charge in [-0.05, 0) is 44.5 Å². The molecule has 2 aromatic heterocycles. The van der Waals surface area contributed by atoms with Gasteiger partial charge in [-0.2, -0.15) is 0 Å². The number of aryl methyl sites for hydroxylation is 2. The molecule has 2 aromatic carbocycles. The topological polar surface area (TPSA) is 95.6 Å². The van der Waals surface area contributed by atoms with Gasteiger partial charge in [-0.15, -0.1) is 10.2 Å². The lowest BCUT2D eigenvalue weighted by Crippen LogP contribution is -2.40. The Kier molecular flexibility index (Phi) is 5.53. The molecular weight excluding hydrogens is 454 g/mol. The number of carbonyl (C=O) groups is 1. The van der Waals surface area contributed by atoms with Gasteiger partial charge in [0.1, 0.15) is 5.82 Å². The van der Waals surface area contributed by atoms with Crippen LogP contribution in [0.15, 0.2) is 36.4 Å². The Hall–Kier alpha value is -3.82. The lowest BCUT2D eigenvalue weighted by atomic mass is 10.0. The van der Waals surface area contributed by atoms with Crippen molar-refractivity contribution in [1.29, 1.82) is 0 Å². The maximum Gasteiger partial charge on any atom is 0.337 e. The van der Waals surface area contributed by atoms with Crippen molar-refractivity contribution in [2.45, 2.75) is 45.6 Å². The van der Waals surface area contributed by atoms with Gasteiger partial charge in [0.15, 0.2) is 5.82 Å². The van der Waals surface area contributed by atoms with Crippen molar-refractivity contribution in [3.05, 3.63) is 58.9 Å². The molecule has 35 heavy (non-hydrogen) atoms. The Morgan fingerprint density at radius 3 is 2.57 bits per heavy atom. The predicted molar refractivity (Wildman–Crippen MR) is 130 cm³/mol. The van der Waals surface area contributed by atoms with Crippen LogP contribution in [0.5, 0.6) is 0 Å².